The SMILES string of the molecule is Cc1ccccc1N=Nc1c2nn(C(=O)c3ccccc3O)c1N(C)C(=O)N2C. The molecule has 2 bridgehead atoms. The summed E-state index contributed by atoms with van der Waals surface area (Å²) in [5.74, 6) is -0.352. The summed E-state index contributed by atoms with van der Waals surface area (Å²) in [6.45, 7) is 1.91. The molecule has 2 amide bonds. The predicted octanol–water partition coefficient (Wildman–Crippen LogP) is 4.01. The molecule has 0 unspecified atom stereocenters. The molecule has 1 aliphatic heterocycles. The highest BCUT2D eigenvalue weighted by Gasteiger charge is 2.38. The zero-order valence-corrected chi connectivity index (χ0v) is 16.1. The maximum absolute atomic E-state index is 13.0. The van der Waals surface area contributed by atoms with Gasteiger partial charge in [-0.3, -0.25) is 14.6 Å². The van der Waals surface area contributed by atoms with Crippen molar-refractivity contribution < 1.29 is 14.7 Å². The van der Waals surface area contributed by atoms with Crippen LogP contribution in [0.5, 0.6) is 5.75 Å². The zero-order chi connectivity index (χ0) is 20.7. The highest BCUT2D eigenvalue weighted by molar-refractivity contribution is 6.13. The summed E-state index contributed by atoms with van der Waals surface area (Å²) in [6.07, 6.45) is 0. The van der Waals surface area contributed by atoms with Crippen molar-refractivity contribution in [2.75, 3.05) is 23.9 Å². The number of amides is 2. The number of aromatic nitrogens is 2. The number of para-hydroxylation sites is 1. The van der Waals surface area contributed by atoms with E-state index < -0.39 is 5.91 Å². The third-order valence-electron chi connectivity index (χ3n) is 4.73. The van der Waals surface area contributed by atoms with Crippen LogP contribution >= 0.6 is 0 Å². The smallest absolute Gasteiger partial charge is 0.330 e. The molecule has 4 rings (SSSR count). The van der Waals surface area contributed by atoms with E-state index in [-0.39, 0.29) is 29.0 Å². The summed E-state index contributed by atoms with van der Waals surface area (Å²) in [5.41, 5.74) is 1.96. The average molecular weight is 390 g/mol. The molecule has 2 heterocycles. The van der Waals surface area contributed by atoms with Crippen molar-refractivity contribution in [3.63, 3.8) is 0 Å². The lowest BCUT2D eigenvalue weighted by atomic mass is 10.2. The van der Waals surface area contributed by atoms with E-state index in [4.69, 9.17) is 0 Å². The maximum Gasteiger partial charge on any atom is 0.330 e. The van der Waals surface area contributed by atoms with E-state index in [1.54, 1.807) is 19.2 Å². The highest BCUT2D eigenvalue weighted by Crippen LogP contribution is 2.43. The van der Waals surface area contributed by atoms with E-state index in [1.165, 1.54) is 29.0 Å². The van der Waals surface area contributed by atoms with Crippen LogP contribution < -0.4 is 9.80 Å². The number of nitrogens with zero attached hydrogens (tertiary/aromatic N) is 6. The minimum absolute atomic E-state index is 0.0654. The number of aromatic hydroxyl groups is 1. The molecule has 0 spiro atoms. The monoisotopic (exact) mass is 390 g/mol. The van der Waals surface area contributed by atoms with Crippen molar-refractivity contribution in [3.8, 4) is 5.75 Å². The molecule has 3 aromatic rings. The maximum atomic E-state index is 13.0. The Morgan fingerprint density at radius 2 is 1.69 bits per heavy atom. The summed E-state index contributed by atoms with van der Waals surface area (Å²) in [7, 11) is 3.08. The quantitative estimate of drug-likeness (QED) is 0.683. The van der Waals surface area contributed by atoms with Crippen molar-refractivity contribution >= 4 is 34.9 Å². The first-order valence-electron chi connectivity index (χ1n) is 8.84. The van der Waals surface area contributed by atoms with Gasteiger partial charge in [0.15, 0.2) is 17.3 Å². The van der Waals surface area contributed by atoms with Gasteiger partial charge in [-0.25, -0.2) is 4.79 Å². The molecule has 0 radical (unpaired) electrons. The van der Waals surface area contributed by atoms with Crippen LogP contribution in [0.25, 0.3) is 0 Å². The number of fused-ring (bicyclic) bond motifs is 2. The number of urea groups is 1. The lowest BCUT2D eigenvalue weighted by Gasteiger charge is -2.26. The number of carbonyl (C=O) groups is 2. The van der Waals surface area contributed by atoms with Gasteiger partial charge in [-0.1, -0.05) is 30.3 Å². The van der Waals surface area contributed by atoms with Gasteiger partial charge >= 0.3 is 6.03 Å². The van der Waals surface area contributed by atoms with Crippen molar-refractivity contribution in [1.29, 1.82) is 0 Å². The molecule has 2 aromatic carbocycles. The molecule has 0 saturated carbocycles. The second kappa shape index (κ2) is 6.86. The van der Waals surface area contributed by atoms with Crippen LogP contribution in [0.15, 0.2) is 58.8 Å². The van der Waals surface area contributed by atoms with Crippen LogP contribution in [-0.2, 0) is 0 Å². The molecule has 9 heteroatoms. The third kappa shape index (κ3) is 2.92. The molecule has 146 valence electrons. The minimum Gasteiger partial charge on any atom is -0.507 e. The van der Waals surface area contributed by atoms with Crippen LogP contribution in [-0.4, -0.2) is 40.9 Å². The Hall–Kier alpha value is -4.01. The van der Waals surface area contributed by atoms with Gasteiger partial charge in [-0.2, -0.15) is 9.80 Å². The van der Waals surface area contributed by atoms with Crippen LogP contribution in [0.1, 0.15) is 15.9 Å². The van der Waals surface area contributed by atoms with E-state index in [0.29, 0.717) is 11.4 Å². The van der Waals surface area contributed by atoms with Crippen molar-refractivity contribution in [1.82, 2.24) is 9.78 Å². The van der Waals surface area contributed by atoms with Crippen LogP contribution in [0, 0.1) is 6.92 Å². The number of anilines is 2. The van der Waals surface area contributed by atoms with E-state index >= 15 is 0 Å². The number of azo groups is 1. The first kappa shape index (κ1) is 18.4. The molecule has 29 heavy (non-hydrogen) atoms. The fraction of sp³-hybridized carbons (Fsp3) is 0.150. The zero-order valence-electron chi connectivity index (χ0n) is 16.1. The van der Waals surface area contributed by atoms with Gasteiger partial charge in [0.2, 0.25) is 0 Å². The Balaban J connectivity index is 1.86. The number of rotatable bonds is 3. The topological polar surface area (TPSA) is 103 Å². The van der Waals surface area contributed by atoms with Crippen molar-refractivity contribution in [2.24, 2.45) is 10.2 Å². The van der Waals surface area contributed by atoms with Gasteiger partial charge in [0.1, 0.15) is 5.75 Å². The number of hydrogen-bond donors (Lipinski definition) is 1. The summed E-state index contributed by atoms with van der Waals surface area (Å²) < 4.78 is 1.07. The van der Waals surface area contributed by atoms with Crippen LogP contribution in [0.4, 0.5) is 27.8 Å². The summed E-state index contributed by atoms with van der Waals surface area (Å²) in [4.78, 5) is 28.1. The summed E-state index contributed by atoms with van der Waals surface area (Å²) >= 11 is 0. The van der Waals surface area contributed by atoms with E-state index in [2.05, 4.69) is 15.3 Å². The minimum atomic E-state index is -0.577. The van der Waals surface area contributed by atoms with Gasteiger partial charge in [-0.15, -0.1) is 10.2 Å². The number of hydrogen-bond acceptors (Lipinski definition) is 6. The Labute approximate surface area is 166 Å². The number of benzene rings is 2. The number of carbonyl (C=O) groups excluding carboxylic acids is 2. The van der Waals surface area contributed by atoms with Gasteiger partial charge in [0.25, 0.3) is 5.91 Å². The number of phenols is 1. The van der Waals surface area contributed by atoms with E-state index in [1.807, 2.05) is 31.2 Å². The van der Waals surface area contributed by atoms with Crippen LogP contribution in [0.3, 0.4) is 0 Å². The van der Waals surface area contributed by atoms with E-state index in [9.17, 15) is 14.7 Å². The molecule has 1 N–H and O–H groups in total. The summed E-state index contributed by atoms with van der Waals surface area (Å²) in [6, 6.07) is 13.3. The van der Waals surface area contributed by atoms with Gasteiger partial charge in [-0.05, 0) is 30.7 Å². The fourth-order valence-corrected chi connectivity index (χ4v) is 3.10. The largest absolute Gasteiger partial charge is 0.507 e. The Morgan fingerprint density at radius 1 is 1.00 bits per heavy atom. The lowest BCUT2D eigenvalue weighted by Crippen LogP contribution is -2.41. The molecule has 0 fully saturated rings. The fourth-order valence-electron chi connectivity index (χ4n) is 3.10. The first-order valence-corrected chi connectivity index (χ1v) is 8.84. The second-order valence-electron chi connectivity index (χ2n) is 6.62. The van der Waals surface area contributed by atoms with Crippen molar-refractivity contribution in [3.05, 3.63) is 59.7 Å². The predicted molar refractivity (Wildman–Crippen MR) is 108 cm³/mol. The number of aryl methyl sites for hydroxylation is 1. The first-order chi connectivity index (χ1) is 13.9. The molecule has 1 aromatic heterocycles. The molecule has 0 aliphatic carbocycles. The van der Waals surface area contributed by atoms with Crippen molar-refractivity contribution in [2.45, 2.75) is 6.92 Å². The van der Waals surface area contributed by atoms with E-state index in [0.717, 1.165) is 10.2 Å². The van der Waals surface area contributed by atoms with Gasteiger partial charge in [0, 0.05) is 14.1 Å². The molecule has 0 atom stereocenters. The third-order valence-corrected chi connectivity index (χ3v) is 4.73. The van der Waals surface area contributed by atoms with Gasteiger partial charge in [0.05, 0.1) is 11.3 Å². The Morgan fingerprint density at radius 3 is 2.41 bits per heavy atom. The lowest BCUT2D eigenvalue weighted by molar-refractivity contribution is 0.0945. The normalized spacial score (nSPS) is 13.4. The molecule has 0 saturated heterocycles. The molecule has 9 nitrogen and oxygen atoms in total. The molecule has 1 aliphatic rings. The standard InChI is InChI=1S/C20H18N6O3/c1-12-8-4-6-10-14(12)21-22-16-17-23-26(18(16)25(3)20(29)24(17)2)19(28)13-9-5-7-11-15(13)27/h4-11,27H,1-3H3. The molecular formula is C20H18N6O3. The highest BCUT2D eigenvalue weighted by atomic mass is 16.3. The van der Waals surface area contributed by atoms with Gasteiger partial charge < -0.3 is 5.11 Å². The number of phenolic OH excluding ortho intramolecular Hbond substituents is 1. The Kier molecular flexibility index (Phi) is 4.34. The molecular weight excluding hydrogens is 372 g/mol. The second-order valence-corrected chi connectivity index (χ2v) is 6.62. The Bertz CT molecular complexity index is 1170. The average Bonchev–Trinajstić information content (AvgIpc) is 3.06. The van der Waals surface area contributed by atoms with Crippen LogP contribution in [0.2, 0.25) is 0 Å². The summed E-state index contributed by atoms with van der Waals surface area (Å²) in [5, 5.41) is 22.9.